The molecule has 32 heavy (non-hydrogen) atoms. The number of benzene rings is 2. The van der Waals surface area contributed by atoms with Crippen LogP contribution in [0.3, 0.4) is 0 Å². The van der Waals surface area contributed by atoms with Crippen LogP contribution in [0.1, 0.15) is 47.1 Å². The van der Waals surface area contributed by atoms with Gasteiger partial charge < -0.3 is 5.32 Å². The largest absolute Gasteiger partial charge is 0.320 e. The van der Waals surface area contributed by atoms with Crippen molar-refractivity contribution in [2.75, 3.05) is 5.32 Å². The Hall–Kier alpha value is -2.97. The number of hydrogen-bond acceptors (Lipinski definition) is 4. The molecule has 0 bridgehead atoms. The standard InChI is InChI=1S/C23H17ClF2N4OS/c24-14-7-9-15(10-8-14)32-20-4-2-1-3-16(20)28-23(31)18-12-21-27-17(13-5-6-13)11-19(22(25)26)30(21)29-18/h1-4,7-13,22H,5-6H2,(H,28,31). The van der Waals surface area contributed by atoms with E-state index in [1.165, 1.54) is 23.9 Å². The summed E-state index contributed by atoms with van der Waals surface area (Å²) in [6, 6.07) is 17.6. The average Bonchev–Trinajstić information content (AvgIpc) is 3.54. The van der Waals surface area contributed by atoms with Crippen LogP contribution in [0, 0.1) is 0 Å². The molecule has 0 aliphatic heterocycles. The number of rotatable bonds is 6. The van der Waals surface area contributed by atoms with Crippen molar-refractivity contribution >= 4 is 40.6 Å². The zero-order valence-corrected chi connectivity index (χ0v) is 18.2. The molecule has 5 rings (SSSR count). The van der Waals surface area contributed by atoms with Crippen LogP contribution in [0.2, 0.25) is 5.02 Å². The van der Waals surface area contributed by atoms with Crippen molar-refractivity contribution < 1.29 is 13.6 Å². The summed E-state index contributed by atoms with van der Waals surface area (Å²) in [4.78, 5) is 19.1. The van der Waals surface area contributed by atoms with E-state index < -0.39 is 12.3 Å². The van der Waals surface area contributed by atoms with E-state index in [9.17, 15) is 13.6 Å². The van der Waals surface area contributed by atoms with Gasteiger partial charge in [-0.15, -0.1) is 0 Å². The molecule has 1 N–H and O–H groups in total. The predicted octanol–water partition coefficient (Wildman–Crippen LogP) is 6.60. The number of nitrogens with zero attached hydrogens (tertiary/aromatic N) is 3. The van der Waals surface area contributed by atoms with E-state index in [0.717, 1.165) is 27.1 Å². The zero-order chi connectivity index (χ0) is 22.2. The van der Waals surface area contributed by atoms with Crippen molar-refractivity contribution in [3.05, 3.63) is 82.8 Å². The number of nitrogens with one attached hydrogen (secondary N) is 1. The Bertz CT molecular complexity index is 1310. The molecule has 1 saturated carbocycles. The molecule has 0 atom stereocenters. The zero-order valence-electron chi connectivity index (χ0n) is 16.6. The molecule has 2 heterocycles. The first-order chi connectivity index (χ1) is 15.5. The van der Waals surface area contributed by atoms with Gasteiger partial charge in [0.1, 0.15) is 5.69 Å². The second-order valence-electron chi connectivity index (χ2n) is 7.49. The molecule has 2 aromatic carbocycles. The van der Waals surface area contributed by atoms with Gasteiger partial charge in [0, 0.05) is 32.5 Å². The Morgan fingerprint density at radius 3 is 2.59 bits per heavy atom. The van der Waals surface area contributed by atoms with Crippen molar-refractivity contribution in [2.24, 2.45) is 0 Å². The minimum absolute atomic E-state index is 0.0265. The van der Waals surface area contributed by atoms with Crippen LogP contribution in [0.15, 0.2) is 70.5 Å². The van der Waals surface area contributed by atoms with Crippen LogP contribution in [0.4, 0.5) is 14.5 Å². The summed E-state index contributed by atoms with van der Waals surface area (Å²) in [5.41, 5.74) is 1.24. The first-order valence-corrected chi connectivity index (χ1v) is 11.2. The van der Waals surface area contributed by atoms with Crippen LogP contribution in [-0.4, -0.2) is 20.5 Å². The fourth-order valence-corrected chi connectivity index (χ4v) is 4.38. The number of anilines is 1. The lowest BCUT2D eigenvalue weighted by Gasteiger charge is -2.10. The molecule has 0 radical (unpaired) electrons. The van der Waals surface area contributed by atoms with Crippen LogP contribution in [-0.2, 0) is 0 Å². The summed E-state index contributed by atoms with van der Waals surface area (Å²) in [6.45, 7) is 0. The van der Waals surface area contributed by atoms with Gasteiger partial charge in [-0.1, -0.05) is 35.5 Å². The van der Waals surface area contributed by atoms with Crippen molar-refractivity contribution in [1.82, 2.24) is 14.6 Å². The number of fused-ring (bicyclic) bond motifs is 1. The molecule has 1 aliphatic rings. The SMILES string of the molecule is O=C(Nc1ccccc1Sc1ccc(Cl)cc1)c1cc2nc(C3CC3)cc(C(F)F)n2n1. The van der Waals surface area contributed by atoms with Gasteiger partial charge in [0.05, 0.1) is 5.69 Å². The molecule has 0 spiro atoms. The minimum atomic E-state index is -2.72. The molecular formula is C23H17ClF2N4OS. The van der Waals surface area contributed by atoms with Gasteiger partial charge >= 0.3 is 0 Å². The van der Waals surface area contributed by atoms with Crippen molar-refractivity contribution in [2.45, 2.75) is 35.0 Å². The first kappa shape index (κ1) is 20.9. The van der Waals surface area contributed by atoms with E-state index in [0.29, 0.717) is 16.4 Å². The van der Waals surface area contributed by atoms with E-state index >= 15 is 0 Å². The highest BCUT2D eigenvalue weighted by Gasteiger charge is 2.28. The van der Waals surface area contributed by atoms with E-state index in [2.05, 4.69) is 15.4 Å². The lowest BCUT2D eigenvalue weighted by molar-refractivity contribution is 0.102. The maximum Gasteiger partial charge on any atom is 0.280 e. The quantitative estimate of drug-likeness (QED) is 0.345. The molecule has 5 nitrogen and oxygen atoms in total. The third kappa shape index (κ3) is 4.33. The van der Waals surface area contributed by atoms with Gasteiger partial charge in [0.25, 0.3) is 12.3 Å². The molecule has 4 aromatic rings. The summed E-state index contributed by atoms with van der Waals surface area (Å²) in [5, 5.41) is 7.60. The van der Waals surface area contributed by atoms with Gasteiger partial charge in [0.2, 0.25) is 0 Å². The Morgan fingerprint density at radius 2 is 1.88 bits per heavy atom. The highest BCUT2D eigenvalue weighted by molar-refractivity contribution is 7.99. The fraction of sp³-hybridized carbons (Fsp3) is 0.174. The summed E-state index contributed by atoms with van der Waals surface area (Å²) in [5.74, 6) is -0.283. The van der Waals surface area contributed by atoms with E-state index in [1.54, 1.807) is 18.2 Å². The molecule has 1 fully saturated rings. The number of amides is 1. The number of halogens is 3. The van der Waals surface area contributed by atoms with E-state index in [1.807, 2.05) is 30.3 Å². The van der Waals surface area contributed by atoms with Gasteiger partial charge in [0.15, 0.2) is 11.3 Å². The van der Waals surface area contributed by atoms with Crippen molar-refractivity contribution in [3.8, 4) is 0 Å². The summed E-state index contributed by atoms with van der Waals surface area (Å²) in [6.07, 6.45) is -0.838. The van der Waals surface area contributed by atoms with Gasteiger partial charge in [-0.3, -0.25) is 4.79 Å². The van der Waals surface area contributed by atoms with Crippen molar-refractivity contribution in [1.29, 1.82) is 0 Å². The fourth-order valence-electron chi connectivity index (χ4n) is 3.35. The minimum Gasteiger partial charge on any atom is -0.320 e. The van der Waals surface area contributed by atoms with Crippen LogP contribution in [0.5, 0.6) is 0 Å². The highest BCUT2D eigenvalue weighted by atomic mass is 35.5. The summed E-state index contributed by atoms with van der Waals surface area (Å²) in [7, 11) is 0. The Balaban J connectivity index is 1.43. The molecular weight excluding hydrogens is 454 g/mol. The molecule has 0 saturated heterocycles. The topological polar surface area (TPSA) is 59.3 Å². The van der Waals surface area contributed by atoms with Crippen LogP contribution < -0.4 is 5.32 Å². The monoisotopic (exact) mass is 470 g/mol. The number of aromatic nitrogens is 3. The normalized spacial score (nSPS) is 13.6. The summed E-state index contributed by atoms with van der Waals surface area (Å²) < 4.78 is 28.3. The predicted molar refractivity (Wildman–Crippen MR) is 120 cm³/mol. The lowest BCUT2D eigenvalue weighted by atomic mass is 10.2. The third-order valence-electron chi connectivity index (χ3n) is 5.10. The molecule has 9 heteroatoms. The maximum absolute atomic E-state index is 13.6. The average molecular weight is 471 g/mol. The van der Waals surface area contributed by atoms with E-state index in [-0.39, 0.29) is 23.0 Å². The van der Waals surface area contributed by atoms with Gasteiger partial charge in [-0.05, 0) is 55.3 Å². The Morgan fingerprint density at radius 1 is 1.12 bits per heavy atom. The number of carbonyl (C=O) groups is 1. The molecule has 1 amide bonds. The molecule has 0 unspecified atom stereocenters. The maximum atomic E-state index is 13.6. The smallest absolute Gasteiger partial charge is 0.280 e. The third-order valence-corrected chi connectivity index (χ3v) is 6.44. The van der Waals surface area contributed by atoms with Gasteiger partial charge in [-0.2, -0.15) is 5.10 Å². The lowest BCUT2D eigenvalue weighted by Crippen LogP contribution is -2.13. The second kappa shape index (κ2) is 8.52. The Kier molecular flexibility index (Phi) is 5.57. The van der Waals surface area contributed by atoms with Crippen molar-refractivity contribution in [3.63, 3.8) is 0 Å². The second-order valence-corrected chi connectivity index (χ2v) is 9.04. The first-order valence-electron chi connectivity index (χ1n) is 10.0. The van der Waals surface area contributed by atoms with Crippen LogP contribution in [0.25, 0.3) is 5.65 Å². The summed E-state index contributed by atoms with van der Waals surface area (Å²) >= 11 is 7.42. The molecule has 2 aromatic heterocycles. The number of hydrogen-bond donors (Lipinski definition) is 1. The molecule has 162 valence electrons. The molecule has 1 aliphatic carbocycles. The number of para-hydroxylation sites is 1. The Labute approximate surface area is 191 Å². The van der Waals surface area contributed by atoms with Crippen LogP contribution >= 0.6 is 23.4 Å². The highest BCUT2D eigenvalue weighted by Crippen LogP contribution is 2.40. The number of alkyl halides is 2. The number of carbonyl (C=O) groups excluding carboxylic acids is 1. The van der Waals surface area contributed by atoms with Gasteiger partial charge in [-0.25, -0.2) is 18.3 Å². The van der Waals surface area contributed by atoms with E-state index in [4.69, 9.17) is 11.6 Å².